The molecule has 0 radical (unpaired) electrons. The van der Waals surface area contributed by atoms with E-state index in [1.807, 2.05) is 25.1 Å². The quantitative estimate of drug-likeness (QED) is 0.814. The number of hydrogen-bond donors (Lipinski definition) is 2. The molecule has 1 aromatic carbocycles. The van der Waals surface area contributed by atoms with Crippen molar-refractivity contribution in [3.8, 4) is 5.75 Å². The summed E-state index contributed by atoms with van der Waals surface area (Å²) in [5, 5.41) is 3.57. The van der Waals surface area contributed by atoms with Crippen molar-refractivity contribution in [3.63, 3.8) is 0 Å². The third-order valence-corrected chi connectivity index (χ3v) is 4.02. The van der Waals surface area contributed by atoms with E-state index in [-0.39, 0.29) is 11.9 Å². The molecule has 4 nitrogen and oxygen atoms in total. The van der Waals surface area contributed by atoms with Gasteiger partial charge in [-0.2, -0.15) is 0 Å². The van der Waals surface area contributed by atoms with E-state index in [0.29, 0.717) is 23.2 Å². The van der Waals surface area contributed by atoms with Crippen molar-refractivity contribution in [2.24, 2.45) is 5.73 Å². The Bertz CT molecular complexity index is 503. The molecule has 0 spiro atoms. The second kappa shape index (κ2) is 7.14. The Morgan fingerprint density at radius 1 is 1.52 bits per heavy atom. The van der Waals surface area contributed by atoms with E-state index in [9.17, 15) is 4.79 Å². The van der Waals surface area contributed by atoms with Crippen molar-refractivity contribution in [1.29, 1.82) is 0 Å². The minimum Gasteiger partial charge on any atom is -0.481 e. The third kappa shape index (κ3) is 4.61. The Morgan fingerprint density at radius 2 is 2.24 bits per heavy atom. The summed E-state index contributed by atoms with van der Waals surface area (Å²) >= 11 is 6.25. The largest absolute Gasteiger partial charge is 0.481 e. The zero-order valence-electron chi connectivity index (χ0n) is 12.6. The minimum atomic E-state index is -0.541. The number of carbonyl (C=O) groups is 1. The van der Waals surface area contributed by atoms with Crippen LogP contribution in [0, 0.1) is 0 Å². The van der Waals surface area contributed by atoms with Gasteiger partial charge in [0.05, 0.1) is 0 Å². The molecule has 1 amide bonds. The maximum Gasteiger partial charge on any atom is 0.260 e. The van der Waals surface area contributed by atoms with Crippen LogP contribution in [0.2, 0.25) is 5.02 Å². The Morgan fingerprint density at radius 3 is 2.86 bits per heavy atom. The van der Waals surface area contributed by atoms with Gasteiger partial charge in [0.25, 0.3) is 5.91 Å². The standard InChI is InChI=1S/C16H23ClN2O2/c1-3-11(18)9-13-14(17)5-4-6-15(13)21-10(2)16(20)19-12-7-8-12/h4-6,10-12H,3,7-9,18H2,1-2H3,(H,19,20). The van der Waals surface area contributed by atoms with Crippen molar-refractivity contribution in [3.05, 3.63) is 28.8 Å². The molecule has 21 heavy (non-hydrogen) atoms. The van der Waals surface area contributed by atoms with Gasteiger partial charge >= 0.3 is 0 Å². The van der Waals surface area contributed by atoms with Gasteiger partial charge in [0.2, 0.25) is 0 Å². The first kappa shape index (κ1) is 16.1. The molecule has 2 atom stereocenters. The number of nitrogens with two attached hydrogens (primary N) is 1. The zero-order valence-corrected chi connectivity index (χ0v) is 13.3. The Labute approximate surface area is 131 Å². The fourth-order valence-electron chi connectivity index (χ4n) is 2.04. The smallest absolute Gasteiger partial charge is 0.260 e. The van der Waals surface area contributed by atoms with Gasteiger partial charge in [0.15, 0.2) is 6.10 Å². The second-order valence-electron chi connectivity index (χ2n) is 5.63. The Balaban J connectivity index is 2.07. The topological polar surface area (TPSA) is 64.3 Å². The highest BCUT2D eigenvalue weighted by Crippen LogP contribution is 2.29. The van der Waals surface area contributed by atoms with Crippen LogP contribution < -0.4 is 15.8 Å². The molecular formula is C16H23ClN2O2. The van der Waals surface area contributed by atoms with Gasteiger partial charge in [-0.1, -0.05) is 24.6 Å². The molecule has 1 saturated carbocycles. The molecule has 0 bridgehead atoms. The summed E-state index contributed by atoms with van der Waals surface area (Å²) < 4.78 is 5.81. The molecule has 0 aromatic heterocycles. The zero-order chi connectivity index (χ0) is 15.4. The van der Waals surface area contributed by atoms with Crippen LogP contribution in [0.4, 0.5) is 0 Å². The fourth-order valence-corrected chi connectivity index (χ4v) is 2.29. The van der Waals surface area contributed by atoms with Gasteiger partial charge in [0.1, 0.15) is 5.75 Å². The minimum absolute atomic E-state index is 0.0304. The van der Waals surface area contributed by atoms with Gasteiger partial charge in [-0.05, 0) is 44.7 Å². The number of ether oxygens (including phenoxy) is 1. The molecule has 1 fully saturated rings. The van der Waals surface area contributed by atoms with Crippen LogP contribution in [0.25, 0.3) is 0 Å². The number of nitrogens with one attached hydrogen (secondary N) is 1. The highest BCUT2D eigenvalue weighted by atomic mass is 35.5. The number of rotatable bonds is 7. The number of hydrogen-bond acceptors (Lipinski definition) is 3. The van der Waals surface area contributed by atoms with Gasteiger partial charge in [-0.3, -0.25) is 4.79 Å². The summed E-state index contributed by atoms with van der Waals surface area (Å²) in [5.74, 6) is 0.563. The lowest BCUT2D eigenvalue weighted by Crippen LogP contribution is -2.37. The van der Waals surface area contributed by atoms with Crippen LogP contribution in [-0.4, -0.2) is 24.1 Å². The van der Waals surface area contributed by atoms with Gasteiger partial charge < -0.3 is 15.8 Å². The van der Waals surface area contributed by atoms with Crippen molar-refractivity contribution < 1.29 is 9.53 Å². The molecule has 2 rings (SSSR count). The molecule has 2 unspecified atom stereocenters. The van der Waals surface area contributed by atoms with E-state index >= 15 is 0 Å². The number of amides is 1. The van der Waals surface area contributed by atoms with Crippen LogP contribution in [0.3, 0.4) is 0 Å². The van der Waals surface area contributed by atoms with E-state index in [2.05, 4.69) is 5.32 Å². The number of carbonyl (C=O) groups excluding carboxylic acids is 1. The van der Waals surface area contributed by atoms with Gasteiger partial charge in [-0.25, -0.2) is 0 Å². The van der Waals surface area contributed by atoms with Crippen LogP contribution in [0.1, 0.15) is 38.7 Å². The second-order valence-corrected chi connectivity index (χ2v) is 6.04. The molecule has 0 aliphatic heterocycles. The lowest BCUT2D eigenvalue weighted by atomic mass is 10.0. The van der Waals surface area contributed by atoms with Crippen LogP contribution >= 0.6 is 11.6 Å². The van der Waals surface area contributed by atoms with E-state index in [0.717, 1.165) is 24.8 Å². The van der Waals surface area contributed by atoms with E-state index < -0.39 is 6.10 Å². The molecule has 1 aromatic rings. The predicted octanol–water partition coefficient (Wildman–Crippen LogP) is 2.67. The first-order chi connectivity index (χ1) is 10.0. The van der Waals surface area contributed by atoms with Crippen molar-refractivity contribution >= 4 is 17.5 Å². The lowest BCUT2D eigenvalue weighted by molar-refractivity contribution is -0.127. The first-order valence-electron chi connectivity index (χ1n) is 7.51. The average molecular weight is 311 g/mol. The maximum absolute atomic E-state index is 12.0. The predicted molar refractivity (Wildman–Crippen MR) is 84.7 cm³/mol. The molecule has 0 heterocycles. The van der Waals surface area contributed by atoms with Crippen molar-refractivity contribution in [1.82, 2.24) is 5.32 Å². The van der Waals surface area contributed by atoms with E-state index in [4.69, 9.17) is 22.1 Å². The molecule has 0 saturated heterocycles. The molecule has 1 aliphatic rings. The van der Waals surface area contributed by atoms with Crippen molar-refractivity contribution in [2.75, 3.05) is 0 Å². The fraction of sp³-hybridized carbons (Fsp3) is 0.562. The van der Waals surface area contributed by atoms with Crippen molar-refractivity contribution in [2.45, 2.75) is 57.7 Å². The third-order valence-electron chi connectivity index (χ3n) is 3.66. The monoisotopic (exact) mass is 310 g/mol. The average Bonchev–Trinajstić information content (AvgIpc) is 3.26. The summed E-state index contributed by atoms with van der Waals surface area (Å²) in [4.78, 5) is 12.0. The molecule has 116 valence electrons. The summed E-state index contributed by atoms with van der Waals surface area (Å²) in [6.45, 7) is 3.79. The van der Waals surface area contributed by atoms with E-state index in [1.54, 1.807) is 6.92 Å². The summed E-state index contributed by atoms with van der Waals surface area (Å²) in [6, 6.07) is 5.84. The highest BCUT2D eigenvalue weighted by Gasteiger charge is 2.26. The van der Waals surface area contributed by atoms with Gasteiger partial charge in [0, 0.05) is 22.7 Å². The SMILES string of the molecule is CCC(N)Cc1c(Cl)cccc1OC(C)C(=O)NC1CC1. The summed E-state index contributed by atoms with van der Waals surface area (Å²) in [7, 11) is 0. The van der Waals surface area contributed by atoms with Gasteiger partial charge in [-0.15, -0.1) is 0 Å². The molecule has 5 heteroatoms. The number of benzene rings is 1. The summed E-state index contributed by atoms with van der Waals surface area (Å²) in [5.41, 5.74) is 6.89. The Kier molecular flexibility index (Phi) is 5.48. The normalized spacial score (nSPS) is 17.1. The molecular weight excluding hydrogens is 288 g/mol. The highest BCUT2D eigenvalue weighted by molar-refractivity contribution is 6.31. The van der Waals surface area contributed by atoms with Crippen LogP contribution in [-0.2, 0) is 11.2 Å². The van der Waals surface area contributed by atoms with Crippen LogP contribution in [0.15, 0.2) is 18.2 Å². The Hall–Kier alpha value is -1.26. The molecule has 1 aliphatic carbocycles. The van der Waals surface area contributed by atoms with E-state index in [1.165, 1.54) is 0 Å². The van der Waals surface area contributed by atoms with Crippen LogP contribution in [0.5, 0.6) is 5.75 Å². The maximum atomic E-state index is 12.0. The molecule has 3 N–H and O–H groups in total. The number of halogens is 1. The first-order valence-corrected chi connectivity index (χ1v) is 7.89. The summed E-state index contributed by atoms with van der Waals surface area (Å²) in [6.07, 6.45) is 3.09. The lowest BCUT2D eigenvalue weighted by Gasteiger charge is -2.19.